The first-order chi connectivity index (χ1) is 39.3. The average Bonchev–Trinajstić information content (AvgIpc) is 2.48. The van der Waals surface area contributed by atoms with Crippen molar-refractivity contribution in [2.24, 2.45) is 0 Å². The summed E-state index contributed by atoms with van der Waals surface area (Å²) < 4.78 is 62.1. The highest BCUT2D eigenvalue weighted by Gasteiger charge is 2.51. The highest BCUT2D eigenvalue weighted by molar-refractivity contribution is 7.44. The van der Waals surface area contributed by atoms with Crippen molar-refractivity contribution in [3.63, 3.8) is 0 Å². The first-order valence-electron chi connectivity index (χ1n) is 28.1. The van der Waals surface area contributed by atoms with E-state index in [4.69, 9.17) is 46.9 Å². The van der Waals surface area contributed by atoms with E-state index in [1.807, 2.05) is 83.8 Å². The number of hydrogen-bond acceptors (Lipinski definition) is 18. The molecule has 2 aliphatic rings. The van der Waals surface area contributed by atoms with Crippen molar-refractivity contribution in [2.75, 3.05) is 53.7 Å². The average molecular weight is 1160 g/mol. The van der Waals surface area contributed by atoms with Gasteiger partial charge in [0.25, 0.3) is 8.53 Å². The number of hydrogen-bond donors (Lipinski definition) is 2. The summed E-state index contributed by atoms with van der Waals surface area (Å²) in [4.78, 5) is 77.6. The molecule has 450 valence electrons. The van der Waals surface area contributed by atoms with Gasteiger partial charge in [0.1, 0.15) is 35.9 Å². The molecular weight excluding hydrogens is 1080 g/mol. The molecule has 2 N–H and O–H groups in total. The minimum Gasteiger partial charge on any atom is -0.497 e. The molecule has 3 aromatic carbocycles. The van der Waals surface area contributed by atoms with Crippen molar-refractivity contribution in [3.8, 4) is 17.6 Å². The van der Waals surface area contributed by atoms with Gasteiger partial charge in [0.05, 0.1) is 52.1 Å². The number of nitriles is 1. The van der Waals surface area contributed by atoms with Gasteiger partial charge >= 0.3 is 17.9 Å². The first-order valence-corrected chi connectivity index (χ1v) is 29.3. The van der Waals surface area contributed by atoms with Gasteiger partial charge in [-0.2, -0.15) is 5.26 Å². The number of esters is 3. The third-order valence-corrected chi connectivity index (χ3v) is 16.0. The van der Waals surface area contributed by atoms with E-state index >= 15 is 0 Å². The van der Waals surface area contributed by atoms with Crippen LogP contribution in [0.1, 0.15) is 130 Å². The van der Waals surface area contributed by atoms with Gasteiger partial charge in [0.2, 0.25) is 17.7 Å². The Balaban J connectivity index is 1.23. The maximum absolute atomic E-state index is 14.5. The first kappa shape index (κ1) is 66.6. The Labute approximate surface area is 484 Å². The number of unbranched alkanes of at least 4 members (excludes halogenated alkanes) is 3. The number of amides is 3. The lowest BCUT2D eigenvalue weighted by Gasteiger charge is -2.44. The molecular formula is C60H84N5O16P. The fraction of sp³-hybridized carbons (Fsp3) is 0.583. The second-order valence-corrected chi connectivity index (χ2v) is 22.1. The van der Waals surface area contributed by atoms with Gasteiger partial charge in [-0.05, 0) is 101 Å². The summed E-state index contributed by atoms with van der Waals surface area (Å²) in [6, 6.07) is 26.5. The van der Waals surface area contributed by atoms with Gasteiger partial charge in [-0.1, -0.05) is 61.0 Å². The van der Waals surface area contributed by atoms with Gasteiger partial charge in [-0.15, -0.1) is 0 Å². The van der Waals surface area contributed by atoms with Crippen LogP contribution < -0.4 is 20.1 Å². The van der Waals surface area contributed by atoms with Crippen molar-refractivity contribution in [3.05, 3.63) is 95.6 Å². The molecule has 21 nitrogen and oxygen atoms in total. The molecule has 5 rings (SSSR count). The summed E-state index contributed by atoms with van der Waals surface area (Å²) >= 11 is 0. The fourth-order valence-electron chi connectivity index (χ4n) is 10.2. The molecule has 0 spiro atoms. The summed E-state index contributed by atoms with van der Waals surface area (Å²) in [5.41, 5.74) is 1.49. The predicted molar refractivity (Wildman–Crippen MR) is 304 cm³/mol. The molecule has 0 aliphatic carbocycles. The standard InChI is InChI=1S/C60H84N5O16P/c1-40(2)65(41(3)4)82(77-35-19-32-61)81-52-36-49(38-76-60(46-20-13-11-14-21-46,47-24-28-50(72-9)29-25-47)48-26-30-51(73-10)31-27-48)64(37-52)55(71)23-15-12-17-33-62-54(70)22-16-18-34-74-59-56(63-42(5)66)58(79-45(8)69)57(78-44(7)68)53(80-59)39-75-43(6)67/h11,13-14,20-21,24-31,40-41,49,52-53,56-59H,12,15-19,22-23,33-39H2,1-10H3,(H,62,70)(H,63,66)/t49-,52+,53+,56+,57-,58+,59+,82?/m0/s1. The molecule has 2 aliphatic heterocycles. The van der Waals surface area contributed by atoms with Crippen LogP contribution in [0.15, 0.2) is 78.9 Å². The monoisotopic (exact) mass is 1160 g/mol. The number of ether oxygens (including phenoxy) is 8. The summed E-state index contributed by atoms with van der Waals surface area (Å²) in [6.07, 6.45) is -1.27. The number of likely N-dealkylation sites (tertiary alicyclic amines) is 1. The van der Waals surface area contributed by atoms with E-state index in [-0.39, 0.29) is 75.6 Å². The summed E-state index contributed by atoms with van der Waals surface area (Å²) in [7, 11) is 1.65. The van der Waals surface area contributed by atoms with E-state index in [1.54, 1.807) is 14.2 Å². The Morgan fingerprint density at radius 1 is 0.744 bits per heavy atom. The Bertz CT molecular complexity index is 2480. The lowest BCUT2D eigenvalue weighted by Crippen LogP contribution is -2.66. The van der Waals surface area contributed by atoms with Crippen LogP contribution in [-0.4, -0.2) is 154 Å². The molecule has 0 aromatic heterocycles. The van der Waals surface area contributed by atoms with Crippen LogP contribution >= 0.6 is 8.53 Å². The number of nitrogens with zero attached hydrogens (tertiary/aromatic N) is 3. The zero-order valence-electron chi connectivity index (χ0n) is 49.1. The maximum atomic E-state index is 14.5. The summed E-state index contributed by atoms with van der Waals surface area (Å²) in [5.74, 6) is -1.36. The topological polar surface area (TPSA) is 249 Å². The molecule has 2 heterocycles. The Hall–Kier alpha value is -6.24. The lowest BCUT2D eigenvalue weighted by atomic mass is 9.80. The molecule has 0 saturated carbocycles. The number of benzene rings is 3. The summed E-state index contributed by atoms with van der Waals surface area (Å²) in [6.45, 7) is 13.9. The Kier molecular flexibility index (Phi) is 27.4. The predicted octanol–water partition coefficient (Wildman–Crippen LogP) is 7.79. The highest BCUT2D eigenvalue weighted by Crippen LogP contribution is 2.49. The van der Waals surface area contributed by atoms with Crippen molar-refractivity contribution in [2.45, 2.75) is 174 Å². The molecule has 22 heteroatoms. The Morgan fingerprint density at radius 2 is 1.34 bits per heavy atom. The highest BCUT2D eigenvalue weighted by atomic mass is 31.2. The van der Waals surface area contributed by atoms with E-state index in [0.717, 1.165) is 30.5 Å². The number of methoxy groups -OCH3 is 2. The molecule has 8 atom stereocenters. The van der Waals surface area contributed by atoms with Crippen molar-refractivity contribution < 1.29 is 75.7 Å². The van der Waals surface area contributed by atoms with Crippen LogP contribution in [-0.2, 0) is 71.8 Å². The minimum atomic E-state index is -1.60. The van der Waals surface area contributed by atoms with E-state index in [0.29, 0.717) is 63.1 Å². The van der Waals surface area contributed by atoms with E-state index in [2.05, 4.69) is 49.1 Å². The molecule has 1 unspecified atom stereocenters. The van der Waals surface area contributed by atoms with Gasteiger partial charge in [0, 0.05) is 72.3 Å². The van der Waals surface area contributed by atoms with Crippen molar-refractivity contribution in [1.82, 2.24) is 20.2 Å². The van der Waals surface area contributed by atoms with Gasteiger partial charge in [-0.25, -0.2) is 4.67 Å². The van der Waals surface area contributed by atoms with E-state index < -0.39 is 74.7 Å². The third kappa shape index (κ3) is 19.7. The second kappa shape index (κ2) is 33.8. The van der Waals surface area contributed by atoms with Crippen LogP contribution in [0, 0.1) is 11.3 Å². The molecule has 82 heavy (non-hydrogen) atoms. The molecule has 2 fully saturated rings. The zero-order chi connectivity index (χ0) is 59.8. The zero-order valence-corrected chi connectivity index (χ0v) is 50.0. The lowest BCUT2D eigenvalue weighted by molar-refractivity contribution is -0.277. The molecule has 3 amide bonds. The molecule has 3 aromatic rings. The number of rotatable bonds is 33. The van der Waals surface area contributed by atoms with E-state index in [1.165, 1.54) is 13.8 Å². The van der Waals surface area contributed by atoms with Crippen molar-refractivity contribution in [1.29, 1.82) is 5.26 Å². The van der Waals surface area contributed by atoms with Crippen LogP contribution in [0.25, 0.3) is 0 Å². The van der Waals surface area contributed by atoms with Gasteiger partial charge in [0.15, 0.2) is 18.5 Å². The quantitative estimate of drug-likeness (QED) is 0.0194. The molecule has 0 bridgehead atoms. The normalized spacial score (nSPS) is 20.2. The fourth-order valence-corrected chi connectivity index (χ4v) is 11.9. The molecule has 2 saturated heterocycles. The van der Waals surface area contributed by atoms with Crippen molar-refractivity contribution >= 4 is 44.2 Å². The summed E-state index contributed by atoms with van der Waals surface area (Å²) in [5, 5.41) is 15.0. The molecule has 0 radical (unpaired) electrons. The maximum Gasteiger partial charge on any atom is 0.303 e. The largest absolute Gasteiger partial charge is 0.497 e. The number of carbonyl (C=O) groups is 6. The van der Waals surface area contributed by atoms with Gasteiger partial charge in [-0.3, -0.25) is 28.8 Å². The van der Waals surface area contributed by atoms with Crippen LogP contribution in [0.5, 0.6) is 11.5 Å². The number of nitrogens with one attached hydrogen (secondary N) is 2. The van der Waals surface area contributed by atoms with Gasteiger partial charge < -0.3 is 62.5 Å². The van der Waals surface area contributed by atoms with E-state index in [9.17, 15) is 34.0 Å². The van der Waals surface area contributed by atoms with Crippen LogP contribution in [0.2, 0.25) is 0 Å². The minimum absolute atomic E-state index is 0.0440. The Morgan fingerprint density at radius 3 is 1.90 bits per heavy atom. The number of carbonyl (C=O) groups excluding carboxylic acids is 6. The SMILES string of the molecule is COc1ccc(C(OC[C@@H]2C[C@@H](OP(OCCC#N)N(C(C)C)C(C)C)CN2C(=O)CCCCCNC(=O)CCCCO[C@@H]2O[C@H](COC(C)=O)[C@H](OC(C)=O)[C@H](OC(C)=O)[C@H]2NC(C)=O)(c2ccccc2)c2ccc(OC)cc2)cc1. The second-order valence-electron chi connectivity index (χ2n) is 20.7. The van der Waals surface area contributed by atoms with Crippen LogP contribution in [0.3, 0.4) is 0 Å². The third-order valence-electron chi connectivity index (χ3n) is 13.8. The smallest absolute Gasteiger partial charge is 0.303 e. The van der Waals surface area contributed by atoms with Crippen LogP contribution in [0.4, 0.5) is 0 Å².